The third kappa shape index (κ3) is 4.13. The fraction of sp³-hybridized carbons (Fsp3) is 0.111. The molecule has 0 spiro atoms. The zero-order valence-corrected chi connectivity index (χ0v) is 14.9. The van der Waals surface area contributed by atoms with Gasteiger partial charge in [-0.25, -0.2) is 4.68 Å². The molecule has 1 aromatic heterocycles. The second kappa shape index (κ2) is 7.59. The molecule has 0 saturated carbocycles. The number of carbonyl (C=O) groups is 1. The van der Waals surface area contributed by atoms with Crippen molar-refractivity contribution in [3.8, 4) is 5.75 Å². The number of amides is 1. The largest absolute Gasteiger partial charge is 0.496 e. The van der Waals surface area contributed by atoms with Crippen molar-refractivity contribution in [3.63, 3.8) is 0 Å². The van der Waals surface area contributed by atoms with Crippen LogP contribution in [0.15, 0.2) is 54.7 Å². The van der Waals surface area contributed by atoms with E-state index in [4.69, 9.17) is 27.9 Å². The number of nitrogens with one attached hydrogen (secondary N) is 1. The molecule has 0 aliphatic carbocycles. The summed E-state index contributed by atoms with van der Waals surface area (Å²) in [7, 11) is 1.50. The minimum absolute atomic E-state index is 0.327. The van der Waals surface area contributed by atoms with Crippen LogP contribution in [-0.4, -0.2) is 22.8 Å². The van der Waals surface area contributed by atoms with Crippen molar-refractivity contribution in [1.29, 1.82) is 0 Å². The molecule has 1 heterocycles. The predicted molar refractivity (Wildman–Crippen MR) is 98.7 cm³/mol. The molecule has 5 nitrogen and oxygen atoms in total. The third-order valence-corrected chi connectivity index (χ3v) is 4.06. The number of halogens is 2. The second-order valence-electron chi connectivity index (χ2n) is 5.30. The summed E-state index contributed by atoms with van der Waals surface area (Å²) < 4.78 is 6.90. The first kappa shape index (κ1) is 17.3. The van der Waals surface area contributed by atoms with Crippen LogP contribution in [0.2, 0.25) is 10.0 Å². The van der Waals surface area contributed by atoms with Crippen LogP contribution in [0.25, 0.3) is 0 Å². The van der Waals surface area contributed by atoms with E-state index in [0.29, 0.717) is 33.7 Å². The maximum atomic E-state index is 12.6. The van der Waals surface area contributed by atoms with E-state index in [1.807, 2.05) is 24.3 Å². The lowest BCUT2D eigenvalue weighted by molar-refractivity contribution is 0.102. The maximum absolute atomic E-state index is 12.6. The lowest BCUT2D eigenvalue weighted by Crippen LogP contribution is -2.17. The molecule has 3 aromatic rings. The third-order valence-electron chi connectivity index (χ3n) is 3.59. The van der Waals surface area contributed by atoms with Gasteiger partial charge in [0.25, 0.3) is 5.91 Å². The average molecular weight is 376 g/mol. The smallest absolute Gasteiger partial charge is 0.260 e. The van der Waals surface area contributed by atoms with Gasteiger partial charge >= 0.3 is 0 Å². The molecule has 0 aliphatic heterocycles. The number of hydrogen-bond acceptors (Lipinski definition) is 3. The van der Waals surface area contributed by atoms with Gasteiger partial charge in [0.2, 0.25) is 0 Å². The molecule has 7 heteroatoms. The maximum Gasteiger partial charge on any atom is 0.260 e. The van der Waals surface area contributed by atoms with Crippen molar-refractivity contribution >= 4 is 34.9 Å². The SMILES string of the molecule is COc1ccc(Cl)cc1C(=O)Nc1ccnn1Cc1cccc(Cl)c1. The highest BCUT2D eigenvalue weighted by Crippen LogP contribution is 2.24. The van der Waals surface area contributed by atoms with Gasteiger partial charge in [0.05, 0.1) is 25.4 Å². The summed E-state index contributed by atoms with van der Waals surface area (Å²) >= 11 is 12.0. The zero-order chi connectivity index (χ0) is 17.8. The Morgan fingerprint density at radius 3 is 2.72 bits per heavy atom. The minimum Gasteiger partial charge on any atom is -0.496 e. The number of anilines is 1. The van der Waals surface area contributed by atoms with Crippen molar-refractivity contribution in [2.24, 2.45) is 0 Å². The number of carbonyl (C=O) groups excluding carboxylic acids is 1. The molecular weight excluding hydrogens is 361 g/mol. The van der Waals surface area contributed by atoms with Gasteiger partial charge in [0, 0.05) is 16.1 Å². The second-order valence-corrected chi connectivity index (χ2v) is 6.18. The molecular formula is C18H15Cl2N3O2. The van der Waals surface area contributed by atoms with E-state index in [2.05, 4.69) is 10.4 Å². The van der Waals surface area contributed by atoms with E-state index in [9.17, 15) is 4.79 Å². The Bertz CT molecular complexity index is 909. The topological polar surface area (TPSA) is 56.1 Å². The Morgan fingerprint density at radius 1 is 1.16 bits per heavy atom. The molecule has 0 radical (unpaired) electrons. The standard InChI is InChI=1S/C18H15Cl2N3O2/c1-25-16-6-5-14(20)10-15(16)18(24)22-17-7-8-21-23(17)11-12-3-2-4-13(19)9-12/h2-10H,11H2,1H3,(H,22,24). The number of nitrogens with zero attached hydrogens (tertiary/aromatic N) is 2. The van der Waals surface area contributed by atoms with E-state index in [0.717, 1.165) is 5.56 Å². The first-order valence-corrected chi connectivity index (χ1v) is 8.23. The molecule has 1 amide bonds. The fourth-order valence-electron chi connectivity index (χ4n) is 2.41. The number of rotatable bonds is 5. The Labute approximate surface area is 155 Å². The van der Waals surface area contributed by atoms with Crippen molar-refractivity contribution in [2.45, 2.75) is 6.54 Å². The first-order valence-electron chi connectivity index (χ1n) is 7.48. The van der Waals surface area contributed by atoms with Gasteiger partial charge in [-0.05, 0) is 35.9 Å². The van der Waals surface area contributed by atoms with Crippen LogP contribution >= 0.6 is 23.2 Å². The lowest BCUT2D eigenvalue weighted by Gasteiger charge is -2.11. The highest BCUT2D eigenvalue weighted by molar-refractivity contribution is 6.31. The summed E-state index contributed by atoms with van der Waals surface area (Å²) in [5.74, 6) is 0.682. The van der Waals surface area contributed by atoms with E-state index in [1.165, 1.54) is 7.11 Å². The van der Waals surface area contributed by atoms with Crippen molar-refractivity contribution in [2.75, 3.05) is 12.4 Å². The summed E-state index contributed by atoms with van der Waals surface area (Å²) in [6, 6.07) is 14.1. The van der Waals surface area contributed by atoms with Gasteiger partial charge in [0.15, 0.2) is 0 Å². The zero-order valence-electron chi connectivity index (χ0n) is 13.4. The Morgan fingerprint density at radius 2 is 1.96 bits per heavy atom. The molecule has 1 N–H and O–H groups in total. The molecule has 0 fully saturated rings. The normalized spacial score (nSPS) is 10.5. The number of benzene rings is 2. The Hall–Kier alpha value is -2.50. The van der Waals surface area contributed by atoms with Crippen molar-refractivity contribution in [3.05, 3.63) is 75.9 Å². The molecule has 128 valence electrons. The minimum atomic E-state index is -0.327. The van der Waals surface area contributed by atoms with Gasteiger partial charge < -0.3 is 10.1 Å². The van der Waals surface area contributed by atoms with E-state index in [-0.39, 0.29) is 5.91 Å². The lowest BCUT2D eigenvalue weighted by atomic mass is 10.2. The number of methoxy groups -OCH3 is 1. The molecule has 0 bridgehead atoms. The van der Waals surface area contributed by atoms with Crippen LogP contribution in [0, 0.1) is 0 Å². The van der Waals surface area contributed by atoms with Gasteiger partial charge in [-0.15, -0.1) is 0 Å². The van der Waals surface area contributed by atoms with E-state index < -0.39 is 0 Å². The number of ether oxygens (including phenoxy) is 1. The number of hydrogen-bond donors (Lipinski definition) is 1. The van der Waals surface area contributed by atoms with Crippen molar-refractivity contribution < 1.29 is 9.53 Å². The van der Waals surface area contributed by atoms with Gasteiger partial charge in [0.1, 0.15) is 11.6 Å². The summed E-state index contributed by atoms with van der Waals surface area (Å²) in [6.45, 7) is 0.482. The molecule has 0 unspecified atom stereocenters. The van der Waals surface area contributed by atoms with Gasteiger partial charge in [-0.1, -0.05) is 35.3 Å². The van der Waals surface area contributed by atoms with E-state index in [1.54, 1.807) is 35.1 Å². The predicted octanol–water partition coefficient (Wildman–Crippen LogP) is 4.50. The quantitative estimate of drug-likeness (QED) is 0.714. The van der Waals surface area contributed by atoms with Crippen LogP contribution in [-0.2, 0) is 6.54 Å². The molecule has 3 rings (SSSR count). The highest BCUT2D eigenvalue weighted by atomic mass is 35.5. The molecule has 0 atom stereocenters. The summed E-state index contributed by atoms with van der Waals surface area (Å²) in [6.07, 6.45) is 1.62. The summed E-state index contributed by atoms with van der Waals surface area (Å²) in [4.78, 5) is 12.6. The summed E-state index contributed by atoms with van der Waals surface area (Å²) in [5.41, 5.74) is 1.33. The monoisotopic (exact) mass is 375 g/mol. The van der Waals surface area contributed by atoms with Crippen LogP contribution in [0.3, 0.4) is 0 Å². The molecule has 0 aliphatic rings. The Kier molecular flexibility index (Phi) is 5.26. The first-order chi connectivity index (χ1) is 12.1. The van der Waals surface area contributed by atoms with Crippen LogP contribution in [0.4, 0.5) is 5.82 Å². The molecule has 25 heavy (non-hydrogen) atoms. The van der Waals surface area contributed by atoms with Crippen LogP contribution < -0.4 is 10.1 Å². The summed E-state index contributed by atoms with van der Waals surface area (Å²) in [5, 5.41) is 8.19. The van der Waals surface area contributed by atoms with Crippen molar-refractivity contribution in [1.82, 2.24) is 9.78 Å². The average Bonchev–Trinajstić information content (AvgIpc) is 3.01. The van der Waals surface area contributed by atoms with Gasteiger partial charge in [-0.2, -0.15) is 5.10 Å². The highest BCUT2D eigenvalue weighted by Gasteiger charge is 2.15. The van der Waals surface area contributed by atoms with Crippen LogP contribution in [0.5, 0.6) is 5.75 Å². The molecule has 0 saturated heterocycles. The van der Waals surface area contributed by atoms with Crippen LogP contribution in [0.1, 0.15) is 15.9 Å². The van der Waals surface area contributed by atoms with Gasteiger partial charge in [-0.3, -0.25) is 4.79 Å². The molecule has 2 aromatic carbocycles. The number of aromatic nitrogens is 2. The Balaban J connectivity index is 1.81. The fourth-order valence-corrected chi connectivity index (χ4v) is 2.80. The van der Waals surface area contributed by atoms with E-state index >= 15 is 0 Å².